The highest BCUT2D eigenvalue weighted by molar-refractivity contribution is 6.12. The molecule has 1 aliphatic heterocycles. The normalized spacial score (nSPS) is 15.7. The quantitative estimate of drug-likeness (QED) is 0.897. The van der Waals surface area contributed by atoms with Crippen LogP contribution in [-0.2, 0) is 9.59 Å². The van der Waals surface area contributed by atoms with Gasteiger partial charge in [0.25, 0.3) is 5.91 Å². The Labute approximate surface area is 151 Å². The highest BCUT2D eigenvalue weighted by Gasteiger charge is 2.31. The number of amides is 2. The van der Waals surface area contributed by atoms with Crippen molar-refractivity contribution in [3.05, 3.63) is 53.6 Å². The monoisotopic (exact) mass is 352 g/mol. The van der Waals surface area contributed by atoms with Gasteiger partial charge in [-0.15, -0.1) is 0 Å². The number of rotatable bonds is 5. The molecule has 1 aliphatic rings. The molecule has 2 aromatic rings. The molecule has 1 heterocycles. The van der Waals surface area contributed by atoms with E-state index in [-0.39, 0.29) is 18.2 Å². The maximum atomic E-state index is 12.5. The van der Waals surface area contributed by atoms with Crippen molar-refractivity contribution in [2.75, 3.05) is 19.5 Å². The van der Waals surface area contributed by atoms with Crippen LogP contribution in [0.15, 0.2) is 47.5 Å². The van der Waals surface area contributed by atoms with Gasteiger partial charge in [-0.1, -0.05) is 18.2 Å². The van der Waals surface area contributed by atoms with Crippen LogP contribution in [0.25, 0.3) is 0 Å². The Bertz CT molecular complexity index is 875. The van der Waals surface area contributed by atoms with Crippen molar-refractivity contribution in [1.82, 2.24) is 0 Å². The zero-order valence-corrected chi connectivity index (χ0v) is 14.9. The van der Waals surface area contributed by atoms with Crippen molar-refractivity contribution in [1.29, 1.82) is 0 Å². The van der Waals surface area contributed by atoms with Gasteiger partial charge in [0.1, 0.15) is 0 Å². The third-order valence-electron chi connectivity index (χ3n) is 4.34. The molecule has 0 fully saturated rings. The van der Waals surface area contributed by atoms with E-state index in [1.165, 1.54) is 7.11 Å². The molecule has 0 saturated heterocycles. The molecule has 1 atom stereocenters. The van der Waals surface area contributed by atoms with Crippen molar-refractivity contribution < 1.29 is 19.1 Å². The first-order chi connectivity index (χ1) is 12.5. The van der Waals surface area contributed by atoms with E-state index in [0.29, 0.717) is 22.9 Å². The van der Waals surface area contributed by atoms with E-state index < -0.39 is 5.92 Å². The maximum absolute atomic E-state index is 12.5. The predicted octanol–water partition coefficient (Wildman–Crippen LogP) is 3.17. The van der Waals surface area contributed by atoms with Gasteiger partial charge in [0.15, 0.2) is 11.5 Å². The number of hydrogen-bond donors (Lipinski definition) is 1. The van der Waals surface area contributed by atoms with E-state index >= 15 is 0 Å². The number of fused-ring (bicyclic) bond motifs is 1. The minimum absolute atomic E-state index is 0.00694. The van der Waals surface area contributed by atoms with Gasteiger partial charge in [0.2, 0.25) is 5.91 Å². The second-order valence-electron chi connectivity index (χ2n) is 6.00. The fourth-order valence-corrected chi connectivity index (χ4v) is 3.05. The maximum Gasteiger partial charge on any atom is 0.253 e. The van der Waals surface area contributed by atoms with Gasteiger partial charge in [-0.25, -0.2) is 4.99 Å². The van der Waals surface area contributed by atoms with Gasteiger partial charge in [-0.05, 0) is 36.8 Å². The minimum atomic E-state index is -0.655. The molecule has 26 heavy (non-hydrogen) atoms. The summed E-state index contributed by atoms with van der Waals surface area (Å²) >= 11 is 0. The molecular formula is C20H20N2O4. The highest BCUT2D eigenvalue weighted by Crippen LogP contribution is 2.38. The molecule has 2 aromatic carbocycles. The SMILES string of the molecule is COc1cc2c(cc1OC)[C@H](CC(=O)Nc1ccccc1)C(=O)N=C2C. The topological polar surface area (TPSA) is 77.0 Å². The average molecular weight is 352 g/mol. The van der Waals surface area contributed by atoms with Gasteiger partial charge in [0.05, 0.1) is 20.1 Å². The Morgan fingerprint density at radius 3 is 2.42 bits per heavy atom. The number of nitrogens with zero attached hydrogens (tertiary/aromatic N) is 1. The molecular weight excluding hydrogens is 332 g/mol. The summed E-state index contributed by atoms with van der Waals surface area (Å²) in [6.07, 6.45) is 0.00694. The van der Waals surface area contributed by atoms with Gasteiger partial charge in [-0.3, -0.25) is 9.59 Å². The van der Waals surface area contributed by atoms with Crippen molar-refractivity contribution in [3.63, 3.8) is 0 Å². The molecule has 3 rings (SSSR count). The van der Waals surface area contributed by atoms with E-state index in [0.717, 1.165) is 11.1 Å². The number of methoxy groups -OCH3 is 2. The number of anilines is 1. The molecule has 0 bridgehead atoms. The van der Waals surface area contributed by atoms with E-state index in [1.54, 1.807) is 38.3 Å². The standard InChI is InChI=1S/C20H20N2O4/c1-12-14-9-17(25-2)18(26-3)10-15(14)16(20(24)21-12)11-19(23)22-13-7-5-4-6-8-13/h4-10,16H,11H2,1-3H3,(H,22,23)/t16-/m0/s1. The van der Waals surface area contributed by atoms with E-state index in [9.17, 15) is 9.59 Å². The molecule has 2 amide bonds. The molecule has 134 valence electrons. The lowest BCUT2D eigenvalue weighted by Crippen LogP contribution is -2.25. The van der Waals surface area contributed by atoms with Crippen molar-refractivity contribution in [2.24, 2.45) is 4.99 Å². The van der Waals surface area contributed by atoms with Crippen LogP contribution in [0.2, 0.25) is 0 Å². The van der Waals surface area contributed by atoms with Crippen LogP contribution in [0.3, 0.4) is 0 Å². The summed E-state index contributed by atoms with van der Waals surface area (Å²) in [5.74, 6) is -0.155. The molecule has 6 heteroatoms. The first-order valence-electron chi connectivity index (χ1n) is 8.23. The lowest BCUT2D eigenvalue weighted by molar-refractivity contribution is -0.123. The summed E-state index contributed by atoms with van der Waals surface area (Å²) in [4.78, 5) is 29.0. The zero-order chi connectivity index (χ0) is 18.7. The van der Waals surface area contributed by atoms with Gasteiger partial charge in [0, 0.05) is 23.4 Å². The van der Waals surface area contributed by atoms with Crippen molar-refractivity contribution in [3.8, 4) is 11.5 Å². The van der Waals surface area contributed by atoms with Gasteiger partial charge >= 0.3 is 0 Å². The van der Waals surface area contributed by atoms with Crippen LogP contribution < -0.4 is 14.8 Å². The number of para-hydroxylation sites is 1. The van der Waals surface area contributed by atoms with Crippen LogP contribution in [0.5, 0.6) is 11.5 Å². The summed E-state index contributed by atoms with van der Waals surface area (Å²) in [5.41, 5.74) is 2.81. The Kier molecular flexibility index (Phi) is 5.02. The average Bonchev–Trinajstić information content (AvgIpc) is 2.64. The number of carbonyl (C=O) groups is 2. The Morgan fingerprint density at radius 1 is 1.12 bits per heavy atom. The number of ether oxygens (including phenoxy) is 2. The highest BCUT2D eigenvalue weighted by atomic mass is 16.5. The van der Waals surface area contributed by atoms with E-state index in [1.807, 2.05) is 18.2 Å². The first kappa shape index (κ1) is 17.7. The summed E-state index contributed by atoms with van der Waals surface area (Å²) in [6.45, 7) is 1.77. The number of aliphatic imine (C=N–C) groups is 1. The third-order valence-corrected chi connectivity index (χ3v) is 4.34. The number of benzene rings is 2. The summed E-state index contributed by atoms with van der Waals surface area (Å²) in [6, 6.07) is 12.7. The van der Waals surface area contributed by atoms with E-state index in [2.05, 4.69) is 10.3 Å². The lowest BCUT2D eigenvalue weighted by atomic mass is 9.86. The molecule has 0 spiro atoms. The van der Waals surface area contributed by atoms with E-state index in [4.69, 9.17) is 9.47 Å². The zero-order valence-electron chi connectivity index (χ0n) is 14.9. The predicted molar refractivity (Wildman–Crippen MR) is 99.2 cm³/mol. The summed E-state index contributed by atoms with van der Waals surface area (Å²) < 4.78 is 10.7. The van der Waals surface area contributed by atoms with Gasteiger partial charge in [-0.2, -0.15) is 0 Å². The van der Waals surface area contributed by atoms with Crippen molar-refractivity contribution in [2.45, 2.75) is 19.3 Å². The lowest BCUT2D eigenvalue weighted by Gasteiger charge is -2.23. The molecule has 0 aliphatic carbocycles. The van der Waals surface area contributed by atoms with Crippen molar-refractivity contribution >= 4 is 23.2 Å². The third kappa shape index (κ3) is 3.44. The summed E-state index contributed by atoms with van der Waals surface area (Å²) in [7, 11) is 3.09. The number of nitrogens with one attached hydrogen (secondary N) is 1. The molecule has 0 saturated carbocycles. The fourth-order valence-electron chi connectivity index (χ4n) is 3.05. The summed E-state index contributed by atoms with van der Waals surface area (Å²) in [5, 5.41) is 2.81. The fraction of sp³-hybridized carbons (Fsp3) is 0.250. The van der Waals surface area contributed by atoms with Crippen LogP contribution in [-0.4, -0.2) is 31.7 Å². The second-order valence-corrected chi connectivity index (χ2v) is 6.00. The van der Waals surface area contributed by atoms with Crippen LogP contribution in [0.1, 0.15) is 30.4 Å². The molecule has 6 nitrogen and oxygen atoms in total. The first-order valence-corrected chi connectivity index (χ1v) is 8.23. The molecule has 0 unspecified atom stereocenters. The van der Waals surface area contributed by atoms with Crippen LogP contribution in [0.4, 0.5) is 5.69 Å². The molecule has 0 radical (unpaired) electrons. The van der Waals surface area contributed by atoms with Crippen LogP contribution in [0, 0.1) is 0 Å². The Hall–Kier alpha value is -3.15. The smallest absolute Gasteiger partial charge is 0.253 e. The molecule has 1 N–H and O–H groups in total. The van der Waals surface area contributed by atoms with Crippen LogP contribution >= 0.6 is 0 Å². The number of carbonyl (C=O) groups excluding carboxylic acids is 2. The Morgan fingerprint density at radius 2 is 1.77 bits per heavy atom. The largest absolute Gasteiger partial charge is 0.493 e. The number of hydrogen-bond acceptors (Lipinski definition) is 4. The Balaban J connectivity index is 1.91. The van der Waals surface area contributed by atoms with Gasteiger partial charge < -0.3 is 14.8 Å². The minimum Gasteiger partial charge on any atom is -0.493 e. The second kappa shape index (κ2) is 7.39. The molecule has 0 aromatic heterocycles.